The summed E-state index contributed by atoms with van der Waals surface area (Å²) in [6.07, 6.45) is 1.80. The Balaban J connectivity index is 1.55. The van der Waals surface area contributed by atoms with Crippen LogP contribution in [0.2, 0.25) is 0 Å². The number of nitrogens with one attached hydrogen (secondary N) is 1. The molecule has 1 amide bonds. The predicted molar refractivity (Wildman–Crippen MR) is 90.4 cm³/mol. The molecule has 3 rings (SSSR count). The Labute approximate surface area is 138 Å². The molecular formula is C16H19FN4OS. The minimum Gasteiger partial charge on any atom is -0.346 e. The third-order valence-corrected chi connectivity index (χ3v) is 4.90. The zero-order valence-electron chi connectivity index (χ0n) is 12.9. The Morgan fingerprint density at radius 3 is 2.70 bits per heavy atom. The summed E-state index contributed by atoms with van der Waals surface area (Å²) >= 11 is 1.62. The van der Waals surface area contributed by atoms with Crippen LogP contribution in [0.25, 0.3) is 0 Å². The van der Waals surface area contributed by atoms with Gasteiger partial charge in [0.2, 0.25) is 5.91 Å². The zero-order valence-corrected chi connectivity index (χ0v) is 13.7. The van der Waals surface area contributed by atoms with Crippen LogP contribution in [0, 0.1) is 5.82 Å². The third kappa shape index (κ3) is 3.68. The van der Waals surface area contributed by atoms with Crippen molar-refractivity contribution in [1.29, 1.82) is 0 Å². The van der Waals surface area contributed by atoms with E-state index in [2.05, 4.69) is 20.1 Å². The molecule has 1 aromatic carbocycles. The van der Waals surface area contributed by atoms with Gasteiger partial charge in [-0.1, -0.05) is 12.1 Å². The van der Waals surface area contributed by atoms with E-state index in [0.717, 1.165) is 31.3 Å². The van der Waals surface area contributed by atoms with Crippen molar-refractivity contribution < 1.29 is 9.18 Å². The summed E-state index contributed by atoms with van der Waals surface area (Å²) in [5.41, 5.74) is 0.228. The molecule has 7 heteroatoms. The van der Waals surface area contributed by atoms with Crippen LogP contribution in [0.3, 0.4) is 0 Å². The molecule has 1 aliphatic heterocycles. The first-order valence-corrected chi connectivity index (χ1v) is 8.47. The van der Waals surface area contributed by atoms with E-state index in [0.29, 0.717) is 0 Å². The van der Waals surface area contributed by atoms with Gasteiger partial charge in [-0.15, -0.1) is 11.3 Å². The predicted octanol–water partition coefficient (Wildman–Crippen LogP) is 2.43. The lowest BCUT2D eigenvalue weighted by atomic mass is 10.2. The van der Waals surface area contributed by atoms with Gasteiger partial charge >= 0.3 is 0 Å². The van der Waals surface area contributed by atoms with Gasteiger partial charge in [-0.25, -0.2) is 9.37 Å². The fourth-order valence-corrected chi connectivity index (χ4v) is 3.33. The molecule has 122 valence electrons. The molecule has 23 heavy (non-hydrogen) atoms. The van der Waals surface area contributed by atoms with Crippen LogP contribution in [0.1, 0.15) is 6.92 Å². The Bertz CT molecular complexity index is 656. The van der Waals surface area contributed by atoms with Crippen LogP contribution in [0.5, 0.6) is 0 Å². The number of nitrogens with zero attached hydrogens (tertiary/aromatic N) is 3. The van der Waals surface area contributed by atoms with E-state index in [9.17, 15) is 9.18 Å². The van der Waals surface area contributed by atoms with Gasteiger partial charge in [-0.3, -0.25) is 9.69 Å². The average Bonchev–Trinajstić information content (AvgIpc) is 3.11. The lowest BCUT2D eigenvalue weighted by molar-refractivity contribution is -0.120. The fraction of sp³-hybridized carbons (Fsp3) is 0.375. The minimum absolute atomic E-state index is 0.183. The Morgan fingerprint density at radius 1 is 1.30 bits per heavy atom. The van der Waals surface area contributed by atoms with Crippen molar-refractivity contribution >= 4 is 28.1 Å². The van der Waals surface area contributed by atoms with Crippen LogP contribution < -0.4 is 10.2 Å². The number of hydrogen-bond acceptors (Lipinski definition) is 5. The smallest absolute Gasteiger partial charge is 0.241 e. The van der Waals surface area contributed by atoms with Crippen LogP contribution in [0.4, 0.5) is 15.2 Å². The average molecular weight is 334 g/mol. The lowest BCUT2D eigenvalue weighted by Crippen LogP contribution is -2.52. The minimum atomic E-state index is -0.415. The second kappa shape index (κ2) is 7.06. The number of benzene rings is 1. The highest BCUT2D eigenvalue weighted by Gasteiger charge is 2.26. The number of rotatable bonds is 4. The number of hydrogen-bond donors (Lipinski definition) is 1. The van der Waals surface area contributed by atoms with E-state index in [1.54, 1.807) is 35.7 Å². The number of amides is 1. The van der Waals surface area contributed by atoms with Crippen molar-refractivity contribution in [3.63, 3.8) is 0 Å². The monoisotopic (exact) mass is 334 g/mol. The second-order valence-corrected chi connectivity index (χ2v) is 6.36. The van der Waals surface area contributed by atoms with Gasteiger partial charge in [0.1, 0.15) is 5.82 Å². The van der Waals surface area contributed by atoms with Crippen LogP contribution in [-0.4, -0.2) is 48.0 Å². The van der Waals surface area contributed by atoms with E-state index >= 15 is 0 Å². The first-order valence-electron chi connectivity index (χ1n) is 7.59. The molecule has 1 atom stereocenters. The highest BCUT2D eigenvalue weighted by atomic mass is 32.1. The fourth-order valence-electron chi connectivity index (χ4n) is 2.64. The van der Waals surface area contributed by atoms with E-state index in [-0.39, 0.29) is 17.6 Å². The molecule has 1 aromatic heterocycles. The molecule has 1 saturated heterocycles. The maximum atomic E-state index is 13.6. The van der Waals surface area contributed by atoms with Crippen molar-refractivity contribution in [2.24, 2.45) is 0 Å². The SMILES string of the molecule is CC(C(=O)Nc1ccccc1F)N1CCN(c2nccs2)CC1. The molecule has 0 aliphatic carbocycles. The van der Waals surface area contributed by atoms with Crippen LogP contribution in [-0.2, 0) is 4.79 Å². The van der Waals surface area contributed by atoms with Gasteiger partial charge in [-0.05, 0) is 19.1 Å². The van der Waals surface area contributed by atoms with Crippen LogP contribution >= 0.6 is 11.3 Å². The number of carbonyl (C=O) groups excluding carboxylic acids is 1. The summed E-state index contributed by atoms with van der Waals surface area (Å²) in [4.78, 5) is 21.0. The number of halogens is 1. The largest absolute Gasteiger partial charge is 0.346 e. The summed E-state index contributed by atoms with van der Waals surface area (Å²) in [5, 5.41) is 5.65. The van der Waals surface area contributed by atoms with Gasteiger partial charge in [0.15, 0.2) is 5.13 Å². The lowest BCUT2D eigenvalue weighted by Gasteiger charge is -2.37. The Morgan fingerprint density at radius 2 is 2.04 bits per heavy atom. The summed E-state index contributed by atoms with van der Waals surface area (Å²) in [6, 6.07) is 5.92. The van der Waals surface area contributed by atoms with Gasteiger partial charge in [-0.2, -0.15) is 0 Å². The number of aromatic nitrogens is 1. The number of thiazole rings is 1. The maximum absolute atomic E-state index is 13.6. The molecule has 5 nitrogen and oxygen atoms in total. The number of para-hydroxylation sites is 1. The van der Waals surface area contributed by atoms with E-state index in [1.807, 2.05) is 12.3 Å². The summed E-state index contributed by atoms with van der Waals surface area (Å²) in [7, 11) is 0. The van der Waals surface area contributed by atoms with Gasteiger partial charge < -0.3 is 10.2 Å². The van der Waals surface area contributed by atoms with Crippen molar-refractivity contribution in [3.05, 3.63) is 41.7 Å². The molecule has 0 radical (unpaired) electrons. The Hall–Kier alpha value is -1.99. The van der Waals surface area contributed by atoms with Crippen LogP contribution in [0.15, 0.2) is 35.8 Å². The molecule has 0 spiro atoms. The topological polar surface area (TPSA) is 48.5 Å². The molecular weight excluding hydrogens is 315 g/mol. The number of anilines is 2. The maximum Gasteiger partial charge on any atom is 0.241 e. The summed E-state index contributed by atoms with van der Waals surface area (Å²) in [6.45, 7) is 5.10. The van der Waals surface area contributed by atoms with Crippen molar-refractivity contribution in [2.45, 2.75) is 13.0 Å². The van der Waals surface area contributed by atoms with Crippen molar-refractivity contribution in [2.75, 3.05) is 36.4 Å². The van der Waals surface area contributed by atoms with Gasteiger partial charge in [0.25, 0.3) is 0 Å². The molecule has 0 bridgehead atoms. The highest BCUT2D eigenvalue weighted by Crippen LogP contribution is 2.20. The quantitative estimate of drug-likeness (QED) is 0.933. The number of carbonyl (C=O) groups is 1. The first kappa shape index (κ1) is 15.9. The zero-order chi connectivity index (χ0) is 16.2. The highest BCUT2D eigenvalue weighted by molar-refractivity contribution is 7.13. The third-order valence-electron chi connectivity index (χ3n) is 4.06. The molecule has 0 saturated carbocycles. The molecule has 1 aliphatic rings. The number of piperazine rings is 1. The van der Waals surface area contributed by atoms with Crippen molar-refractivity contribution in [3.8, 4) is 0 Å². The molecule has 1 fully saturated rings. The first-order chi connectivity index (χ1) is 11.1. The molecule has 2 heterocycles. The van der Waals surface area contributed by atoms with E-state index in [4.69, 9.17) is 0 Å². The molecule has 2 aromatic rings. The summed E-state index contributed by atoms with van der Waals surface area (Å²) < 4.78 is 13.6. The summed E-state index contributed by atoms with van der Waals surface area (Å²) in [5.74, 6) is -0.598. The Kier molecular flexibility index (Phi) is 4.88. The van der Waals surface area contributed by atoms with Gasteiger partial charge in [0, 0.05) is 37.8 Å². The normalized spacial score (nSPS) is 17.0. The van der Waals surface area contributed by atoms with E-state index in [1.165, 1.54) is 6.07 Å². The van der Waals surface area contributed by atoms with Gasteiger partial charge in [0.05, 0.1) is 11.7 Å². The van der Waals surface area contributed by atoms with Crippen molar-refractivity contribution in [1.82, 2.24) is 9.88 Å². The second-order valence-electron chi connectivity index (χ2n) is 5.48. The van der Waals surface area contributed by atoms with E-state index < -0.39 is 5.82 Å². The standard InChI is InChI=1S/C16H19FN4OS/c1-12(15(22)19-14-5-3-2-4-13(14)17)20-7-9-21(10-8-20)16-18-6-11-23-16/h2-6,11-12H,7-10H2,1H3,(H,19,22). The molecule has 1 unspecified atom stereocenters. The molecule has 1 N–H and O–H groups in total.